The number of anilines is 1. The van der Waals surface area contributed by atoms with Gasteiger partial charge in [-0.15, -0.1) is 5.10 Å². The van der Waals surface area contributed by atoms with E-state index in [2.05, 4.69) is 20.9 Å². The maximum atomic E-state index is 13.0. The van der Waals surface area contributed by atoms with E-state index >= 15 is 0 Å². The first-order valence-electron chi connectivity index (χ1n) is 9.54. The molecule has 2 heterocycles. The molecule has 0 saturated carbocycles. The van der Waals surface area contributed by atoms with Gasteiger partial charge in [0.1, 0.15) is 17.6 Å². The van der Waals surface area contributed by atoms with Crippen molar-refractivity contribution in [3.8, 4) is 0 Å². The van der Waals surface area contributed by atoms with Gasteiger partial charge in [-0.2, -0.15) is 0 Å². The lowest BCUT2D eigenvalue weighted by molar-refractivity contribution is -0.0905. The Balaban J connectivity index is 1.45. The molecule has 9 nitrogen and oxygen atoms in total. The van der Waals surface area contributed by atoms with Crippen LogP contribution in [0.15, 0.2) is 30.5 Å². The number of amides is 2. The molecule has 3 atom stereocenters. The first-order valence-corrected chi connectivity index (χ1v) is 9.54. The van der Waals surface area contributed by atoms with Crippen molar-refractivity contribution in [3.05, 3.63) is 42.0 Å². The first kappa shape index (κ1) is 21.2. The summed E-state index contributed by atoms with van der Waals surface area (Å²) in [6.45, 7) is 0.863. The molecule has 10 heteroatoms. The molecule has 0 aliphatic carbocycles. The summed E-state index contributed by atoms with van der Waals surface area (Å²) >= 11 is 0. The molecule has 3 rings (SSSR count). The van der Waals surface area contributed by atoms with Crippen molar-refractivity contribution in [1.82, 2.24) is 20.3 Å². The Bertz CT molecular complexity index is 785. The number of nitrogens with one attached hydrogen (secondary N) is 2. The summed E-state index contributed by atoms with van der Waals surface area (Å²) in [5, 5.41) is 23.2. The summed E-state index contributed by atoms with van der Waals surface area (Å²) in [6.07, 6.45) is 3.45. The zero-order valence-electron chi connectivity index (χ0n) is 16.3. The number of aliphatic hydroxyl groups is 1. The fourth-order valence-electron chi connectivity index (χ4n) is 3.32. The zero-order chi connectivity index (χ0) is 20.6. The number of carbonyl (C=O) groups is 1. The van der Waals surface area contributed by atoms with E-state index in [-0.39, 0.29) is 24.6 Å². The molecule has 0 unspecified atom stereocenters. The van der Waals surface area contributed by atoms with Gasteiger partial charge in [-0.1, -0.05) is 5.21 Å². The van der Waals surface area contributed by atoms with E-state index < -0.39 is 12.1 Å². The van der Waals surface area contributed by atoms with Crippen molar-refractivity contribution in [2.24, 2.45) is 0 Å². The van der Waals surface area contributed by atoms with E-state index in [1.54, 1.807) is 11.8 Å². The highest BCUT2D eigenvalue weighted by molar-refractivity contribution is 5.89. The molecule has 1 aliphatic heterocycles. The molecule has 3 N–H and O–H groups in total. The second-order valence-corrected chi connectivity index (χ2v) is 6.96. The number of ether oxygens (including phenoxy) is 2. The summed E-state index contributed by atoms with van der Waals surface area (Å²) in [5.41, 5.74) is 1.25. The Morgan fingerprint density at radius 2 is 2.17 bits per heavy atom. The zero-order valence-corrected chi connectivity index (χ0v) is 16.3. The number of benzene rings is 1. The topological polar surface area (TPSA) is 111 Å². The average molecular weight is 407 g/mol. The Morgan fingerprint density at radius 3 is 2.90 bits per heavy atom. The summed E-state index contributed by atoms with van der Waals surface area (Å²) in [7, 11) is 1.61. The van der Waals surface area contributed by atoms with Crippen LogP contribution in [-0.2, 0) is 22.6 Å². The Morgan fingerprint density at radius 1 is 1.38 bits per heavy atom. The van der Waals surface area contributed by atoms with Crippen LogP contribution in [0.4, 0.5) is 14.9 Å². The number of methoxy groups -OCH3 is 1. The van der Waals surface area contributed by atoms with Crippen molar-refractivity contribution in [2.75, 3.05) is 19.0 Å². The second-order valence-electron chi connectivity index (χ2n) is 6.96. The van der Waals surface area contributed by atoms with Crippen LogP contribution in [0.1, 0.15) is 25.0 Å². The van der Waals surface area contributed by atoms with E-state index in [0.717, 1.165) is 18.5 Å². The average Bonchev–Trinajstić information content (AvgIpc) is 3.16. The minimum atomic E-state index is -0.493. The lowest BCUT2D eigenvalue weighted by atomic mass is 9.97. The van der Waals surface area contributed by atoms with E-state index in [4.69, 9.17) is 9.47 Å². The number of aliphatic hydroxyl groups excluding tert-OH is 1. The molecule has 0 bridgehead atoms. The Hall–Kier alpha value is -2.56. The molecule has 1 aromatic heterocycles. The summed E-state index contributed by atoms with van der Waals surface area (Å²) in [4.78, 5) is 12.2. The summed E-state index contributed by atoms with van der Waals surface area (Å²) in [5.74, 6) is -0.371. The van der Waals surface area contributed by atoms with Crippen molar-refractivity contribution in [3.63, 3.8) is 0 Å². The predicted octanol–water partition coefficient (Wildman–Crippen LogP) is 1.68. The van der Waals surface area contributed by atoms with Gasteiger partial charge in [0.2, 0.25) is 0 Å². The molecule has 1 aliphatic rings. The summed E-state index contributed by atoms with van der Waals surface area (Å²) < 4.78 is 25.7. The number of rotatable bonds is 8. The van der Waals surface area contributed by atoms with E-state index in [1.807, 2.05) is 6.20 Å². The van der Waals surface area contributed by atoms with Crippen LogP contribution in [0.3, 0.4) is 0 Å². The highest BCUT2D eigenvalue weighted by Crippen LogP contribution is 2.22. The van der Waals surface area contributed by atoms with Crippen molar-refractivity contribution in [1.29, 1.82) is 0 Å². The third-order valence-electron chi connectivity index (χ3n) is 4.77. The number of urea groups is 1. The molecule has 1 fully saturated rings. The van der Waals surface area contributed by atoms with Crippen LogP contribution in [0.2, 0.25) is 0 Å². The third-order valence-corrected chi connectivity index (χ3v) is 4.77. The van der Waals surface area contributed by atoms with Crippen LogP contribution < -0.4 is 10.6 Å². The van der Waals surface area contributed by atoms with Gasteiger partial charge in [-0.3, -0.25) is 4.68 Å². The third kappa shape index (κ3) is 6.21. The number of hydrogen-bond donors (Lipinski definition) is 3. The van der Waals surface area contributed by atoms with Gasteiger partial charge >= 0.3 is 6.03 Å². The van der Waals surface area contributed by atoms with Crippen molar-refractivity contribution in [2.45, 2.75) is 50.7 Å². The maximum Gasteiger partial charge on any atom is 0.319 e. The standard InChI is InChI=1S/C19H26FN5O4/c1-28-12-15-10-25(24-23-15)9-8-16-6-7-17(18(11-26)29-16)22-19(27)21-14-4-2-13(20)3-5-14/h2-5,10,16-18,26H,6-9,11-12H2,1H3,(H2,21,22,27)/t16-,17-,18-/m1/s1. The Kier molecular flexibility index (Phi) is 7.50. The van der Waals surface area contributed by atoms with E-state index in [1.165, 1.54) is 24.3 Å². The monoisotopic (exact) mass is 407 g/mol. The fourth-order valence-corrected chi connectivity index (χ4v) is 3.32. The van der Waals surface area contributed by atoms with Gasteiger partial charge in [0.15, 0.2) is 0 Å². The maximum absolute atomic E-state index is 13.0. The number of halogens is 1. The lowest BCUT2D eigenvalue weighted by Gasteiger charge is -2.36. The molecule has 1 aromatic carbocycles. The molecular weight excluding hydrogens is 381 g/mol. The van der Waals surface area contributed by atoms with Crippen LogP contribution in [-0.4, -0.2) is 58.1 Å². The van der Waals surface area contributed by atoms with Crippen LogP contribution >= 0.6 is 0 Å². The summed E-state index contributed by atoms with van der Waals surface area (Å²) in [6, 6.07) is 4.77. The first-order chi connectivity index (χ1) is 14.1. The SMILES string of the molecule is COCc1cn(CC[C@H]2CC[C@@H](NC(=O)Nc3ccc(F)cc3)[C@@H](CO)O2)nn1. The van der Waals surface area contributed by atoms with Gasteiger partial charge in [-0.05, 0) is 43.5 Å². The fraction of sp³-hybridized carbons (Fsp3) is 0.526. The number of aromatic nitrogens is 3. The van der Waals surface area contributed by atoms with Gasteiger partial charge < -0.3 is 25.2 Å². The van der Waals surface area contributed by atoms with Gasteiger partial charge in [0, 0.05) is 19.3 Å². The molecule has 158 valence electrons. The van der Waals surface area contributed by atoms with Crippen LogP contribution in [0, 0.1) is 5.82 Å². The second kappa shape index (κ2) is 10.3. The van der Waals surface area contributed by atoms with Crippen molar-refractivity contribution >= 4 is 11.7 Å². The largest absolute Gasteiger partial charge is 0.394 e. The highest BCUT2D eigenvalue weighted by Gasteiger charge is 2.31. The van der Waals surface area contributed by atoms with Crippen molar-refractivity contribution < 1.29 is 23.8 Å². The molecule has 29 heavy (non-hydrogen) atoms. The molecule has 0 spiro atoms. The lowest BCUT2D eigenvalue weighted by Crippen LogP contribution is -2.52. The van der Waals surface area contributed by atoms with Gasteiger partial charge in [-0.25, -0.2) is 9.18 Å². The van der Waals surface area contributed by atoms with Gasteiger partial charge in [0.25, 0.3) is 0 Å². The molecular formula is C19H26FN5O4. The number of hydrogen-bond acceptors (Lipinski definition) is 6. The molecule has 2 amide bonds. The molecule has 1 saturated heterocycles. The number of carbonyl (C=O) groups excluding carboxylic acids is 1. The minimum absolute atomic E-state index is 0.0413. The number of aryl methyl sites for hydroxylation is 1. The van der Waals surface area contributed by atoms with Crippen LogP contribution in [0.5, 0.6) is 0 Å². The number of nitrogens with zero attached hydrogens (tertiary/aromatic N) is 3. The minimum Gasteiger partial charge on any atom is -0.394 e. The normalized spacial score (nSPS) is 21.7. The predicted molar refractivity (Wildman–Crippen MR) is 103 cm³/mol. The van der Waals surface area contributed by atoms with Crippen LogP contribution in [0.25, 0.3) is 0 Å². The van der Waals surface area contributed by atoms with E-state index in [0.29, 0.717) is 25.3 Å². The Labute approximate surface area is 168 Å². The smallest absolute Gasteiger partial charge is 0.319 e. The molecule has 2 aromatic rings. The quantitative estimate of drug-likeness (QED) is 0.614. The highest BCUT2D eigenvalue weighted by atomic mass is 19.1. The molecule has 0 radical (unpaired) electrons. The van der Waals surface area contributed by atoms with Gasteiger partial charge in [0.05, 0.1) is 31.6 Å². The van der Waals surface area contributed by atoms with E-state index in [9.17, 15) is 14.3 Å².